The lowest BCUT2D eigenvalue weighted by molar-refractivity contribution is 0.155. The second kappa shape index (κ2) is 10.2. The van der Waals surface area contributed by atoms with E-state index >= 15 is 0 Å². The summed E-state index contributed by atoms with van der Waals surface area (Å²) in [6.07, 6.45) is 1.01. The molecule has 0 aliphatic carbocycles. The van der Waals surface area contributed by atoms with Gasteiger partial charge in [-0.3, -0.25) is 4.99 Å². The first-order chi connectivity index (χ1) is 9.26. The molecule has 4 nitrogen and oxygen atoms in total. The Morgan fingerprint density at radius 2 is 2.21 bits per heavy atom. The average Bonchev–Trinajstić information content (AvgIpc) is 2.80. The largest absolute Gasteiger partial charge is 0.380 e. The summed E-state index contributed by atoms with van der Waals surface area (Å²) in [6, 6.07) is 4.23. The number of halogens is 1. The molecule has 0 saturated carbocycles. The van der Waals surface area contributed by atoms with E-state index in [2.05, 4.69) is 50.6 Å². The molecule has 1 aromatic rings. The predicted octanol–water partition coefficient (Wildman–Crippen LogP) is 2.64. The highest BCUT2D eigenvalue weighted by Gasteiger charge is 1.99. The van der Waals surface area contributed by atoms with Gasteiger partial charge >= 0.3 is 0 Å². The lowest BCUT2D eigenvalue weighted by atomic mass is 10.3. The Bertz CT molecular complexity index is 382. The molecule has 1 aromatic heterocycles. The van der Waals surface area contributed by atoms with Crippen molar-refractivity contribution in [3.05, 3.63) is 20.8 Å². The van der Waals surface area contributed by atoms with Crippen molar-refractivity contribution in [3.63, 3.8) is 0 Å². The summed E-state index contributed by atoms with van der Waals surface area (Å²) < 4.78 is 6.45. The van der Waals surface area contributed by atoms with Gasteiger partial charge in [-0.15, -0.1) is 11.3 Å². The Balaban J connectivity index is 2.28. The third kappa shape index (κ3) is 7.54. The van der Waals surface area contributed by atoms with Gasteiger partial charge in [-0.05, 0) is 48.3 Å². The summed E-state index contributed by atoms with van der Waals surface area (Å²) >= 11 is 5.25. The van der Waals surface area contributed by atoms with E-state index in [1.807, 2.05) is 6.92 Å². The number of rotatable bonds is 8. The van der Waals surface area contributed by atoms with Crippen molar-refractivity contribution in [1.82, 2.24) is 10.6 Å². The number of nitrogens with zero attached hydrogens (tertiary/aromatic N) is 1. The van der Waals surface area contributed by atoms with Gasteiger partial charge in [0.1, 0.15) is 0 Å². The lowest BCUT2D eigenvalue weighted by Gasteiger charge is -2.10. The van der Waals surface area contributed by atoms with Crippen LogP contribution in [0.5, 0.6) is 0 Å². The molecule has 0 spiro atoms. The normalized spacial score (nSPS) is 11.6. The van der Waals surface area contributed by atoms with Crippen molar-refractivity contribution in [2.75, 3.05) is 32.8 Å². The fourth-order valence-corrected chi connectivity index (χ4v) is 2.98. The molecule has 0 aromatic carbocycles. The van der Waals surface area contributed by atoms with Crippen molar-refractivity contribution < 1.29 is 4.74 Å². The standard InChI is InChI=1S/C13H22BrN3OS/c1-3-15-13(17-9-10-18-4-2)16-8-7-11-5-6-12(14)19-11/h5-6H,3-4,7-10H2,1-2H3,(H2,15,16,17). The van der Waals surface area contributed by atoms with Crippen LogP contribution in [0.4, 0.5) is 0 Å². The van der Waals surface area contributed by atoms with Crippen LogP contribution in [0.25, 0.3) is 0 Å². The Hall–Kier alpha value is -0.590. The quantitative estimate of drug-likeness (QED) is 0.431. The zero-order chi connectivity index (χ0) is 13.9. The van der Waals surface area contributed by atoms with Crippen LogP contribution in [0.15, 0.2) is 20.9 Å². The minimum Gasteiger partial charge on any atom is -0.380 e. The van der Waals surface area contributed by atoms with E-state index in [4.69, 9.17) is 4.74 Å². The zero-order valence-corrected chi connectivity index (χ0v) is 13.9. The summed E-state index contributed by atoms with van der Waals surface area (Å²) in [4.78, 5) is 5.82. The van der Waals surface area contributed by atoms with Gasteiger partial charge in [0.25, 0.3) is 0 Å². The van der Waals surface area contributed by atoms with Crippen molar-refractivity contribution in [2.24, 2.45) is 4.99 Å². The van der Waals surface area contributed by atoms with E-state index in [9.17, 15) is 0 Å². The van der Waals surface area contributed by atoms with E-state index in [0.717, 1.165) is 32.1 Å². The number of hydrogen-bond donors (Lipinski definition) is 2. The molecule has 0 fully saturated rings. The van der Waals surface area contributed by atoms with Gasteiger partial charge in [0.15, 0.2) is 5.96 Å². The summed E-state index contributed by atoms with van der Waals surface area (Å²) in [5.41, 5.74) is 0. The van der Waals surface area contributed by atoms with Gasteiger partial charge in [-0.2, -0.15) is 0 Å². The Kier molecular flexibility index (Phi) is 8.86. The molecule has 0 bridgehead atoms. The van der Waals surface area contributed by atoms with Crippen molar-refractivity contribution in [3.8, 4) is 0 Å². The van der Waals surface area contributed by atoms with E-state index in [1.165, 1.54) is 8.66 Å². The Morgan fingerprint density at radius 3 is 2.84 bits per heavy atom. The van der Waals surface area contributed by atoms with E-state index in [-0.39, 0.29) is 0 Å². The topological polar surface area (TPSA) is 45.7 Å². The number of ether oxygens (including phenoxy) is 1. The average molecular weight is 348 g/mol. The van der Waals surface area contributed by atoms with Crippen molar-refractivity contribution in [1.29, 1.82) is 0 Å². The molecule has 1 heterocycles. The lowest BCUT2D eigenvalue weighted by Crippen LogP contribution is -2.38. The monoisotopic (exact) mass is 347 g/mol. The molecule has 1 rings (SSSR count). The van der Waals surface area contributed by atoms with Gasteiger partial charge in [-0.1, -0.05) is 0 Å². The maximum absolute atomic E-state index is 5.27. The van der Waals surface area contributed by atoms with E-state index in [1.54, 1.807) is 11.3 Å². The summed E-state index contributed by atoms with van der Waals surface area (Å²) in [7, 11) is 0. The molecule has 0 unspecified atom stereocenters. The summed E-state index contributed by atoms with van der Waals surface area (Å²) in [5, 5.41) is 6.56. The first-order valence-corrected chi connectivity index (χ1v) is 8.21. The summed E-state index contributed by atoms with van der Waals surface area (Å²) in [6.45, 7) is 7.91. The molecule has 0 aliphatic rings. The van der Waals surface area contributed by atoms with Crippen LogP contribution in [0.3, 0.4) is 0 Å². The minimum absolute atomic E-state index is 0.672. The molecule has 0 aliphatic heterocycles. The first kappa shape index (κ1) is 16.5. The van der Waals surface area contributed by atoms with Gasteiger partial charge in [0, 0.05) is 24.6 Å². The molecule has 2 N–H and O–H groups in total. The number of nitrogens with one attached hydrogen (secondary N) is 2. The van der Waals surface area contributed by atoms with Crippen LogP contribution in [-0.4, -0.2) is 38.8 Å². The van der Waals surface area contributed by atoms with Crippen LogP contribution in [0, 0.1) is 0 Å². The predicted molar refractivity (Wildman–Crippen MR) is 86.2 cm³/mol. The highest BCUT2D eigenvalue weighted by Crippen LogP contribution is 2.21. The molecule has 0 amide bonds. The van der Waals surface area contributed by atoms with Crippen LogP contribution >= 0.6 is 27.3 Å². The number of thiophene rings is 1. The molecule has 0 atom stereocenters. The van der Waals surface area contributed by atoms with Gasteiger partial charge in [-0.25, -0.2) is 0 Å². The fraction of sp³-hybridized carbons (Fsp3) is 0.615. The molecule has 19 heavy (non-hydrogen) atoms. The Morgan fingerprint density at radius 1 is 1.37 bits per heavy atom. The maximum Gasteiger partial charge on any atom is 0.191 e. The van der Waals surface area contributed by atoms with Crippen LogP contribution in [0.1, 0.15) is 18.7 Å². The molecule has 6 heteroatoms. The van der Waals surface area contributed by atoms with Crippen LogP contribution < -0.4 is 10.6 Å². The second-order valence-corrected chi connectivity index (χ2v) is 6.39. The van der Waals surface area contributed by atoms with Crippen LogP contribution in [-0.2, 0) is 11.2 Å². The summed E-state index contributed by atoms with van der Waals surface area (Å²) in [5.74, 6) is 0.859. The van der Waals surface area contributed by atoms with Crippen molar-refractivity contribution in [2.45, 2.75) is 20.3 Å². The SMILES string of the molecule is CCNC(=NCCOCC)NCCc1ccc(Br)s1. The van der Waals surface area contributed by atoms with Crippen molar-refractivity contribution >= 4 is 33.2 Å². The smallest absolute Gasteiger partial charge is 0.191 e. The third-order valence-corrected chi connectivity index (χ3v) is 4.03. The molecular formula is C13H22BrN3OS. The minimum atomic E-state index is 0.672. The Labute approximate surface area is 127 Å². The highest BCUT2D eigenvalue weighted by molar-refractivity contribution is 9.11. The molecule has 0 radical (unpaired) electrons. The van der Waals surface area contributed by atoms with E-state index in [0.29, 0.717) is 13.2 Å². The third-order valence-electron chi connectivity index (χ3n) is 2.35. The molecular weight excluding hydrogens is 326 g/mol. The zero-order valence-electron chi connectivity index (χ0n) is 11.5. The van der Waals surface area contributed by atoms with Gasteiger partial charge in [0.2, 0.25) is 0 Å². The number of guanidine groups is 1. The number of hydrogen-bond acceptors (Lipinski definition) is 3. The number of aliphatic imine (C=N–C) groups is 1. The van der Waals surface area contributed by atoms with Gasteiger partial charge in [0.05, 0.1) is 16.9 Å². The highest BCUT2D eigenvalue weighted by atomic mass is 79.9. The second-order valence-electron chi connectivity index (χ2n) is 3.84. The maximum atomic E-state index is 5.27. The first-order valence-electron chi connectivity index (χ1n) is 6.60. The molecule has 108 valence electrons. The molecule has 0 saturated heterocycles. The fourth-order valence-electron chi connectivity index (χ4n) is 1.50. The van der Waals surface area contributed by atoms with Crippen LogP contribution in [0.2, 0.25) is 0 Å². The van der Waals surface area contributed by atoms with E-state index < -0.39 is 0 Å². The van der Waals surface area contributed by atoms with Gasteiger partial charge < -0.3 is 15.4 Å².